The smallest absolute Gasteiger partial charge is 0.0562 e. The summed E-state index contributed by atoms with van der Waals surface area (Å²) >= 11 is 0. The molecule has 2 nitrogen and oxygen atoms in total. The van der Waals surface area contributed by atoms with Crippen molar-refractivity contribution in [1.82, 2.24) is 4.57 Å². The van der Waals surface area contributed by atoms with Crippen LogP contribution in [0.25, 0.3) is 83.1 Å². The van der Waals surface area contributed by atoms with Crippen LogP contribution in [-0.2, 0) is 0 Å². The van der Waals surface area contributed by atoms with Gasteiger partial charge in [0.25, 0.3) is 0 Å². The average molecular weight is 791 g/mol. The van der Waals surface area contributed by atoms with Gasteiger partial charge in [0.15, 0.2) is 0 Å². The van der Waals surface area contributed by atoms with Crippen molar-refractivity contribution in [3.8, 4) is 61.3 Å². The molecule has 0 saturated carbocycles. The molecule has 1 aromatic heterocycles. The molecule has 0 spiro atoms. The second kappa shape index (κ2) is 16.1. The van der Waals surface area contributed by atoms with Gasteiger partial charge in [-0.15, -0.1) is 0 Å². The van der Waals surface area contributed by atoms with Crippen molar-refractivity contribution in [2.45, 2.75) is 0 Å². The summed E-state index contributed by atoms with van der Waals surface area (Å²) in [6, 6.07) is 92.1. The zero-order chi connectivity index (χ0) is 41.2. The van der Waals surface area contributed by atoms with Crippen LogP contribution in [0.3, 0.4) is 0 Å². The molecule has 62 heavy (non-hydrogen) atoms. The number of rotatable bonds is 9. The molecule has 0 N–H and O–H groups in total. The van der Waals surface area contributed by atoms with E-state index >= 15 is 0 Å². The number of hydrogen-bond donors (Lipinski definition) is 0. The molecule has 0 aliphatic carbocycles. The molecule has 11 rings (SSSR count). The lowest BCUT2D eigenvalue weighted by atomic mass is 9.93. The molecule has 0 atom stereocenters. The fourth-order valence-corrected chi connectivity index (χ4v) is 9.17. The summed E-state index contributed by atoms with van der Waals surface area (Å²) < 4.78 is 2.48. The Balaban J connectivity index is 1.16. The van der Waals surface area contributed by atoms with Crippen LogP contribution in [0.5, 0.6) is 0 Å². The first-order valence-electron chi connectivity index (χ1n) is 21.3. The van der Waals surface area contributed by atoms with Gasteiger partial charge in [0, 0.05) is 27.6 Å². The van der Waals surface area contributed by atoms with Crippen LogP contribution in [0.2, 0.25) is 0 Å². The first kappa shape index (κ1) is 36.8. The van der Waals surface area contributed by atoms with Crippen molar-refractivity contribution >= 4 is 38.9 Å². The van der Waals surface area contributed by atoms with Crippen LogP contribution < -0.4 is 4.90 Å². The normalized spacial score (nSPS) is 11.2. The maximum absolute atomic E-state index is 2.48. The van der Waals surface area contributed by atoms with Gasteiger partial charge in [-0.2, -0.15) is 0 Å². The van der Waals surface area contributed by atoms with Crippen molar-refractivity contribution in [2.24, 2.45) is 0 Å². The third kappa shape index (κ3) is 6.65. The Hall–Kier alpha value is -8.20. The van der Waals surface area contributed by atoms with Gasteiger partial charge in [-0.25, -0.2) is 0 Å². The van der Waals surface area contributed by atoms with Gasteiger partial charge in [0.05, 0.1) is 28.1 Å². The number of anilines is 3. The average Bonchev–Trinajstić information content (AvgIpc) is 3.70. The maximum atomic E-state index is 2.48. The van der Waals surface area contributed by atoms with Crippen molar-refractivity contribution in [3.63, 3.8) is 0 Å². The fraction of sp³-hybridized carbons (Fsp3) is 0. The van der Waals surface area contributed by atoms with Gasteiger partial charge >= 0.3 is 0 Å². The van der Waals surface area contributed by atoms with E-state index in [1.807, 2.05) is 0 Å². The molecule has 0 aliphatic heterocycles. The molecule has 0 radical (unpaired) electrons. The summed E-state index contributed by atoms with van der Waals surface area (Å²) in [6.07, 6.45) is 0. The lowest BCUT2D eigenvalue weighted by molar-refractivity contribution is 1.18. The van der Waals surface area contributed by atoms with Crippen LogP contribution >= 0.6 is 0 Å². The van der Waals surface area contributed by atoms with Crippen LogP contribution in [-0.4, -0.2) is 4.57 Å². The molecular weight excluding hydrogens is 749 g/mol. The molecule has 0 aliphatic rings. The highest BCUT2D eigenvalue weighted by molar-refractivity contribution is 6.17. The lowest BCUT2D eigenvalue weighted by Crippen LogP contribution is -2.11. The minimum absolute atomic E-state index is 1.08. The van der Waals surface area contributed by atoms with Crippen molar-refractivity contribution < 1.29 is 0 Å². The van der Waals surface area contributed by atoms with Crippen molar-refractivity contribution in [3.05, 3.63) is 255 Å². The number of fused-ring (bicyclic) bond motifs is 3. The summed E-state index contributed by atoms with van der Waals surface area (Å²) in [6.45, 7) is 0. The van der Waals surface area contributed by atoms with Crippen molar-refractivity contribution in [1.29, 1.82) is 0 Å². The number of aromatic nitrogens is 1. The monoisotopic (exact) mass is 790 g/mol. The summed E-state index contributed by atoms with van der Waals surface area (Å²) in [7, 11) is 0. The molecule has 0 unspecified atom stereocenters. The topological polar surface area (TPSA) is 8.17 Å². The van der Waals surface area contributed by atoms with E-state index in [0.717, 1.165) is 44.9 Å². The predicted octanol–water partition coefficient (Wildman–Crippen LogP) is 16.6. The van der Waals surface area contributed by atoms with E-state index in [1.165, 1.54) is 55.3 Å². The van der Waals surface area contributed by atoms with Gasteiger partial charge in [-0.05, 0) is 87.0 Å². The lowest BCUT2D eigenvalue weighted by Gasteiger charge is -2.29. The van der Waals surface area contributed by atoms with E-state index in [9.17, 15) is 0 Å². The van der Waals surface area contributed by atoms with Gasteiger partial charge in [0.2, 0.25) is 0 Å². The highest BCUT2D eigenvalue weighted by Gasteiger charge is 2.25. The molecule has 0 saturated heterocycles. The Morgan fingerprint density at radius 1 is 0.274 bits per heavy atom. The molecule has 1 heterocycles. The number of hydrogen-bond acceptors (Lipinski definition) is 1. The molecule has 0 fully saturated rings. The highest BCUT2D eigenvalue weighted by atomic mass is 15.2. The Morgan fingerprint density at radius 2 is 0.710 bits per heavy atom. The minimum atomic E-state index is 1.08. The molecule has 11 aromatic rings. The SMILES string of the molecule is c1ccc(-c2ccc(-c3ccccc3N(c3ccc(-c4ccccc4)cc3)c3cccc4c3c3ccccc3n4-c3cccc(-c4ccccc4)c3-c3ccccc3)cc2)cc1. The largest absolute Gasteiger partial charge is 0.309 e. The first-order chi connectivity index (χ1) is 30.8. The third-order valence-corrected chi connectivity index (χ3v) is 12.0. The number of nitrogens with zero attached hydrogens (tertiary/aromatic N) is 2. The highest BCUT2D eigenvalue weighted by Crippen LogP contribution is 2.48. The Labute approximate surface area is 362 Å². The number of benzene rings is 10. The predicted molar refractivity (Wildman–Crippen MR) is 263 cm³/mol. The molecule has 2 heteroatoms. The van der Waals surface area contributed by atoms with Gasteiger partial charge in [-0.3, -0.25) is 0 Å². The minimum Gasteiger partial charge on any atom is -0.309 e. The zero-order valence-corrected chi connectivity index (χ0v) is 34.1. The maximum Gasteiger partial charge on any atom is 0.0562 e. The summed E-state index contributed by atoms with van der Waals surface area (Å²) in [5, 5.41) is 2.38. The molecule has 10 aromatic carbocycles. The van der Waals surface area contributed by atoms with Gasteiger partial charge < -0.3 is 9.47 Å². The molecule has 0 amide bonds. The van der Waals surface area contributed by atoms with Crippen LogP contribution in [0.1, 0.15) is 0 Å². The summed E-state index contributed by atoms with van der Waals surface area (Å²) in [4.78, 5) is 2.47. The Morgan fingerprint density at radius 3 is 1.37 bits per heavy atom. The van der Waals surface area contributed by atoms with Crippen molar-refractivity contribution in [2.75, 3.05) is 4.90 Å². The second-order valence-corrected chi connectivity index (χ2v) is 15.7. The van der Waals surface area contributed by atoms with Gasteiger partial charge in [0.1, 0.15) is 0 Å². The molecule has 0 bridgehead atoms. The van der Waals surface area contributed by atoms with Gasteiger partial charge in [-0.1, -0.05) is 212 Å². The van der Waals surface area contributed by atoms with E-state index in [0.29, 0.717) is 0 Å². The molecule has 292 valence electrons. The first-order valence-corrected chi connectivity index (χ1v) is 21.3. The number of para-hydroxylation sites is 2. The van der Waals surface area contributed by atoms with E-state index in [4.69, 9.17) is 0 Å². The van der Waals surface area contributed by atoms with Crippen LogP contribution in [0, 0.1) is 0 Å². The van der Waals surface area contributed by atoms with E-state index in [1.54, 1.807) is 0 Å². The van der Waals surface area contributed by atoms with Crippen LogP contribution in [0.4, 0.5) is 17.1 Å². The Kier molecular flexibility index (Phi) is 9.57. The second-order valence-electron chi connectivity index (χ2n) is 15.7. The molecular formula is C60H42N2. The van der Waals surface area contributed by atoms with Crippen LogP contribution in [0.15, 0.2) is 255 Å². The summed E-state index contributed by atoms with van der Waals surface area (Å²) in [5.41, 5.74) is 18.6. The van der Waals surface area contributed by atoms with E-state index in [2.05, 4.69) is 264 Å². The fourth-order valence-electron chi connectivity index (χ4n) is 9.17. The third-order valence-electron chi connectivity index (χ3n) is 12.0. The zero-order valence-electron chi connectivity index (χ0n) is 34.1. The van der Waals surface area contributed by atoms with E-state index in [-0.39, 0.29) is 0 Å². The van der Waals surface area contributed by atoms with E-state index < -0.39 is 0 Å². The summed E-state index contributed by atoms with van der Waals surface area (Å²) in [5.74, 6) is 0. The Bertz CT molecular complexity index is 3300. The quantitative estimate of drug-likeness (QED) is 0.141. The standard InChI is InChI=1S/C60H42N2/c1-5-19-43(20-6-1)45-35-37-48(38-36-45)51-27-13-15-30-54(51)61(50-41-39-46(40-42-50)44-21-7-2-8-22-44)57-33-18-34-58-60(57)53-28-14-16-31-55(53)62(58)56-32-17-29-52(47-23-9-3-10-24-47)59(56)49-25-11-4-12-26-49/h1-42H.